The van der Waals surface area contributed by atoms with Crippen LogP contribution in [-0.2, 0) is 10.0 Å². The van der Waals surface area contributed by atoms with Gasteiger partial charge in [0.15, 0.2) is 0 Å². The van der Waals surface area contributed by atoms with Crippen molar-refractivity contribution in [3.8, 4) is 11.5 Å². The minimum absolute atomic E-state index is 0.00416. The third-order valence-electron chi connectivity index (χ3n) is 5.19. The van der Waals surface area contributed by atoms with Gasteiger partial charge >= 0.3 is 0 Å². The lowest BCUT2D eigenvalue weighted by Crippen LogP contribution is -2.42. The third kappa shape index (κ3) is 4.60. The van der Waals surface area contributed by atoms with Crippen molar-refractivity contribution >= 4 is 21.6 Å². The Morgan fingerprint density at radius 3 is 2.63 bits per heavy atom. The molecule has 2 aromatic rings. The highest BCUT2D eigenvalue weighted by molar-refractivity contribution is 7.89. The van der Waals surface area contributed by atoms with Crippen LogP contribution in [0.25, 0.3) is 0 Å². The number of amides is 1. The summed E-state index contributed by atoms with van der Waals surface area (Å²) in [6.07, 6.45) is 2.64. The SMILES string of the molecule is CCOc1ccccc1NC(=O)c1ccc(OC)c(S(=O)(=O)N2CCCC[C@@H]2C)c1. The van der Waals surface area contributed by atoms with E-state index in [1.54, 1.807) is 24.3 Å². The standard InChI is InChI=1S/C22H28N2O5S/c1-4-29-19-11-6-5-10-18(19)23-22(25)17-12-13-20(28-3)21(15-17)30(26,27)24-14-8-7-9-16(24)2/h5-6,10-13,15-16H,4,7-9,14H2,1-3H3,(H,23,25)/t16-/m0/s1. The summed E-state index contributed by atoms with van der Waals surface area (Å²) >= 11 is 0. The number of hydrogen-bond donors (Lipinski definition) is 1. The molecule has 0 aliphatic carbocycles. The number of para-hydroxylation sites is 2. The van der Waals surface area contributed by atoms with Crippen molar-refractivity contribution in [3.05, 3.63) is 48.0 Å². The number of anilines is 1. The van der Waals surface area contributed by atoms with E-state index in [1.165, 1.54) is 23.5 Å². The van der Waals surface area contributed by atoms with Crippen molar-refractivity contribution < 1.29 is 22.7 Å². The first-order chi connectivity index (χ1) is 14.4. The van der Waals surface area contributed by atoms with Gasteiger partial charge in [-0.15, -0.1) is 0 Å². The number of methoxy groups -OCH3 is 1. The Kier molecular flexibility index (Phi) is 6.99. The molecule has 7 nitrogen and oxygen atoms in total. The number of carbonyl (C=O) groups excluding carboxylic acids is 1. The van der Waals surface area contributed by atoms with Crippen LogP contribution in [0.4, 0.5) is 5.69 Å². The van der Waals surface area contributed by atoms with Gasteiger partial charge in [0.1, 0.15) is 16.4 Å². The van der Waals surface area contributed by atoms with Gasteiger partial charge in [-0.2, -0.15) is 4.31 Å². The summed E-state index contributed by atoms with van der Waals surface area (Å²) in [7, 11) is -2.37. The van der Waals surface area contributed by atoms with Crippen LogP contribution in [-0.4, -0.2) is 44.9 Å². The number of nitrogens with zero attached hydrogens (tertiary/aromatic N) is 1. The molecule has 162 valence electrons. The number of rotatable bonds is 7. The molecule has 0 spiro atoms. The van der Waals surface area contributed by atoms with Gasteiger partial charge in [-0.3, -0.25) is 4.79 Å². The minimum atomic E-state index is -3.80. The first kappa shape index (κ1) is 22.1. The van der Waals surface area contributed by atoms with Crippen LogP contribution in [0.2, 0.25) is 0 Å². The Bertz CT molecular complexity index is 1010. The number of hydrogen-bond acceptors (Lipinski definition) is 5. The Morgan fingerprint density at radius 1 is 1.17 bits per heavy atom. The molecule has 30 heavy (non-hydrogen) atoms. The maximum absolute atomic E-state index is 13.3. The van der Waals surface area contributed by atoms with Crippen LogP contribution in [0, 0.1) is 0 Å². The molecule has 1 aliphatic heterocycles. The molecule has 2 aromatic carbocycles. The zero-order valence-electron chi connectivity index (χ0n) is 17.6. The second-order valence-corrected chi connectivity index (χ2v) is 9.07. The summed E-state index contributed by atoms with van der Waals surface area (Å²) in [6, 6.07) is 11.5. The molecular formula is C22H28N2O5S. The lowest BCUT2D eigenvalue weighted by molar-refractivity contribution is 0.102. The summed E-state index contributed by atoms with van der Waals surface area (Å²) in [4.78, 5) is 12.9. The van der Waals surface area contributed by atoms with Crippen molar-refractivity contribution in [2.75, 3.05) is 25.6 Å². The molecule has 0 bridgehead atoms. The Hall–Kier alpha value is -2.58. The van der Waals surface area contributed by atoms with E-state index in [0.717, 1.165) is 19.3 Å². The van der Waals surface area contributed by atoms with E-state index >= 15 is 0 Å². The fourth-order valence-corrected chi connectivity index (χ4v) is 5.50. The van der Waals surface area contributed by atoms with Crippen LogP contribution < -0.4 is 14.8 Å². The van der Waals surface area contributed by atoms with E-state index in [9.17, 15) is 13.2 Å². The Balaban J connectivity index is 1.94. The van der Waals surface area contributed by atoms with Crippen molar-refractivity contribution in [2.45, 2.75) is 44.0 Å². The maximum atomic E-state index is 13.3. The quantitative estimate of drug-likeness (QED) is 0.717. The molecule has 1 amide bonds. The summed E-state index contributed by atoms with van der Waals surface area (Å²) in [5.41, 5.74) is 0.750. The molecule has 3 rings (SSSR count). The zero-order valence-corrected chi connectivity index (χ0v) is 18.4. The average molecular weight is 433 g/mol. The van der Waals surface area contributed by atoms with E-state index in [1.807, 2.05) is 19.9 Å². The van der Waals surface area contributed by atoms with Crippen LogP contribution >= 0.6 is 0 Å². The number of benzene rings is 2. The third-order valence-corrected chi connectivity index (χ3v) is 7.22. The molecule has 1 heterocycles. The molecular weight excluding hydrogens is 404 g/mol. The molecule has 1 atom stereocenters. The van der Waals surface area contributed by atoms with Gasteiger partial charge in [-0.05, 0) is 57.0 Å². The second-order valence-electron chi connectivity index (χ2n) is 7.21. The smallest absolute Gasteiger partial charge is 0.255 e. The van der Waals surface area contributed by atoms with Crippen molar-refractivity contribution in [3.63, 3.8) is 0 Å². The summed E-state index contributed by atoms with van der Waals surface area (Å²) in [5.74, 6) is 0.351. The summed E-state index contributed by atoms with van der Waals surface area (Å²) < 4.78 is 39.0. The molecule has 0 radical (unpaired) electrons. The van der Waals surface area contributed by atoms with E-state index < -0.39 is 15.9 Å². The molecule has 0 aromatic heterocycles. The molecule has 0 saturated carbocycles. The monoisotopic (exact) mass is 432 g/mol. The summed E-state index contributed by atoms with van der Waals surface area (Å²) in [5, 5.41) is 2.80. The number of ether oxygens (including phenoxy) is 2. The fourth-order valence-electron chi connectivity index (χ4n) is 3.62. The molecule has 1 fully saturated rings. The minimum Gasteiger partial charge on any atom is -0.495 e. The first-order valence-electron chi connectivity index (χ1n) is 10.1. The molecule has 0 unspecified atom stereocenters. The highest BCUT2D eigenvalue weighted by atomic mass is 32.2. The van der Waals surface area contributed by atoms with Crippen molar-refractivity contribution in [1.82, 2.24) is 4.31 Å². The van der Waals surface area contributed by atoms with Crippen LogP contribution in [0.1, 0.15) is 43.5 Å². The summed E-state index contributed by atoms with van der Waals surface area (Å²) in [6.45, 7) is 4.70. The van der Waals surface area contributed by atoms with Crippen molar-refractivity contribution in [2.24, 2.45) is 0 Å². The molecule has 1 saturated heterocycles. The highest BCUT2D eigenvalue weighted by Crippen LogP contribution is 2.32. The van der Waals surface area contributed by atoms with Gasteiger partial charge in [-0.1, -0.05) is 18.6 Å². The maximum Gasteiger partial charge on any atom is 0.255 e. The topological polar surface area (TPSA) is 84.9 Å². The zero-order chi connectivity index (χ0) is 21.7. The Morgan fingerprint density at radius 2 is 1.93 bits per heavy atom. The predicted molar refractivity (Wildman–Crippen MR) is 116 cm³/mol. The fraction of sp³-hybridized carbons (Fsp3) is 0.409. The Labute approximate surface area is 178 Å². The largest absolute Gasteiger partial charge is 0.495 e. The number of piperidine rings is 1. The highest BCUT2D eigenvalue weighted by Gasteiger charge is 2.33. The van der Waals surface area contributed by atoms with E-state index in [-0.39, 0.29) is 22.3 Å². The normalized spacial score (nSPS) is 17.4. The number of sulfonamides is 1. The first-order valence-corrected chi connectivity index (χ1v) is 11.6. The van der Waals surface area contributed by atoms with Gasteiger partial charge in [0.25, 0.3) is 5.91 Å². The van der Waals surface area contributed by atoms with E-state index in [2.05, 4.69) is 5.32 Å². The molecule has 8 heteroatoms. The van der Waals surface area contributed by atoms with Crippen LogP contribution in [0.15, 0.2) is 47.4 Å². The van der Waals surface area contributed by atoms with Gasteiger partial charge < -0.3 is 14.8 Å². The van der Waals surface area contributed by atoms with Gasteiger partial charge in [0.05, 0.1) is 19.4 Å². The predicted octanol–water partition coefficient (Wildman–Crippen LogP) is 3.91. The van der Waals surface area contributed by atoms with Crippen molar-refractivity contribution in [1.29, 1.82) is 0 Å². The number of carbonyl (C=O) groups is 1. The van der Waals surface area contributed by atoms with Crippen LogP contribution in [0.5, 0.6) is 11.5 Å². The lowest BCUT2D eigenvalue weighted by Gasteiger charge is -2.32. The van der Waals surface area contributed by atoms with Gasteiger partial charge in [0.2, 0.25) is 10.0 Å². The van der Waals surface area contributed by atoms with E-state index in [4.69, 9.17) is 9.47 Å². The average Bonchev–Trinajstić information content (AvgIpc) is 2.75. The van der Waals surface area contributed by atoms with E-state index in [0.29, 0.717) is 24.6 Å². The van der Waals surface area contributed by atoms with Gasteiger partial charge in [-0.25, -0.2) is 8.42 Å². The lowest BCUT2D eigenvalue weighted by atomic mass is 10.1. The van der Waals surface area contributed by atoms with Crippen LogP contribution in [0.3, 0.4) is 0 Å². The van der Waals surface area contributed by atoms with Gasteiger partial charge in [0, 0.05) is 18.2 Å². The number of nitrogens with one attached hydrogen (secondary N) is 1. The molecule has 1 N–H and O–H groups in total. The molecule has 1 aliphatic rings. The second kappa shape index (κ2) is 9.49.